The third kappa shape index (κ3) is 4.02. The van der Waals surface area contributed by atoms with E-state index in [0.717, 1.165) is 10.0 Å². The van der Waals surface area contributed by atoms with Gasteiger partial charge in [0.2, 0.25) is 0 Å². The SMILES string of the molecule is CCC(OCc1ccc(Br)cc1)C(=O)c1ccccc1. The Balaban J connectivity index is 1.99. The lowest BCUT2D eigenvalue weighted by Gasteiger charge is -2.15. The van der Waals surface area contributed by atoms with Crippen molar-refractivity contribution in [1.82, 2.24) is 0 Å². The van der Waals surface area contributed by atoms with Crippen molar-refractivity contribution in [3.63, 3.8) is 0 Å². The lowest BCUT2D eigenvalue weighted by molar-refractivity contribution is 0.0326. The first kappa shape index (κ1) is 14.9. The quantitative estimate of drug-likeness (QED) is 0.721. The molecule has 0 radical (unpaired) electrons. The maximum atomic E-state index is 12.3. The topological polar surface area (TPSA) is 26.3 Å². The predicted octanol–water partition coefficient (Wildman–Crippen LogP) is 4.63. The van der Waals surface area contributed by atoms with Gasteiger partial charge in [0.1, 0.15) is 6.10 Å². The van der Waals surface area contributed by atoms with Gasteiger partial charge in [0.15, 0.2) is 5.78 Å². The second-order valence-electron chi connectivity index (χ2n) is 4.56. The first-order valence-corrected chi connectivity index (χ1v) is 7.45. The van der Waals surface area contributed by atoms with E-state index < -0.39 is 0 Å². The van der Waals surface area contributed by atoms with Crippen molar-refractivity contribution in [1.29, 1.82) is 0 Å². The number of ketones is 1. The number of benzene rings is 2. The summed E-state index contributed by atoms with van der Waals surface area (Å²) in [6.45, 7) is 2.41. The van der Waals surface area contributed by atoms with Crippen LogP contribution < -0.4 is 0 Å². The van der Waals surface area contributed by atoms with Gasteiger partial charge in [0.25, 0.3) is 0 Å². The molecule has 2 nitrogen and oxygen atoms in total. The monoisotopic (exact) mass is 332 g/mol. The fraction of sp³-hybridized carbons (Fsp3) is 0.235. The van der Waals surface area contributed by atoms with Crippen LogP contribution in [0, 0.1) is 0 Å². The Bertz CT molecular complexity index is 549. The molecular weight excluding hydrogens is 316 g/mol. The Labute approximate surface area is 127 Å². The molecule has 2 rings (SSSR count). The predicted molar refractivity (Wildman–Crippen MR) is 83.8 cm³/mol. The van der Waals surface area contributed by atoms with E-state index in [9.17, 15) is 4.79 Å². The van der Waals surface area contributed by atoms with E-state index in [0.29, 0.717) is 18.6 Å². The van der Waals surface area contributed by atoms with Crippen molar-refractivity contribution in [2.75, 3.05) is 0 Å². The number of hydrogen-bond donors (Lipinski definition) is 0. The molecule has 2 aromatic rings. The van der Waals surface area contributed by atoms with Gasteiger partial charge in [-0.05, 0) is 24.1 Å². The molecule has 0 spiro atoms. The maximum absolute atomic E-state index is 12.3. The summed E-state index contributed by atoms with van der Waals surface area (Å²) in [5.74, 6) is 0.0465. The number of Topliss-reactive ketones (excluding diaryl/α,β-unsaturated/α-hetero) is 1. The van der Waals surface area contributed by atoms with Crippen LogP contribution in [0.1, 0.15) is 29.3 Å². The minimum atomic E-state index is -0.388. The van der Waals surface area contributed by atoms with Gasteiger partial charge in [0.05, 0.1) is 6.61 Å². The second-order valence-corrected chi connectivity index (χ2v) is 5.48. The molecule has 0 N–H and O–H groups in total. The molecule has 0 heterocycles. The largest absolute Gasteiger partial charge is 0.365 e. The fourth-order valence-electron chi connectivity index (χ4n) is 1.94. The summed E-state index contributed by atoms with van der Waals surface area (Å²) >= 11 is 3.40. The van der Waals surface area contributed by atoms with Crippen LogP contribution in [0.4, 0.5) is 0 Å². The normalized spacial score (nSPS) is 12.1. The molecule has 0 saturated heterocycles. The average molecular weight is 333 g/mol. The van der Waals surface area contributed by atoms with E-state index in [1.165, 1.54) is 0 Å². The number of carbonyl (C=O) groups is 1. The van der Waals surface area contributed by atoms with Crippen molar-refractivity contribution in [3.8, 4) is 0 Å². The Morgan fingerprint density at radius 1 is 1.10 bits per heavy atom. The molecule has 0 aliphatic heterocycles. The summed E-state index contributed by atoms with van der Waals surface area (Å²) in [6, 6.07) is 17.2. The molecule has 3 heteroatoms. The Morgan fingerprint density at radius 2 is 1.75 bits per heavy atom. The van der Waals surface area contributed by atoms with Crippen LogP contribution in [0.5, 0.6) is 0 Å². The summed E-state index contributed by atoms with van der Waals surface area (Å²) < 4.78 is 6.80. The summed E-state index contributed by atoms with van der Waals surface area (Å²) in [5, 5.41) is 0. The third-order valence-electron chi connectivity index (χ3n) is 3.09. The van der Waals surface area contributed by atoms with Crippen molar-refractivity contribution >= 4 is 21.7 Å². The molecule has 0 fully saturated rings. The van der Waals surface area contributed by atoms with E-state index in [4.69, 9.17) is 4.74 Å². The summed E-state index contributed by atoms with van der Waals surface area (Å²) in [4.78, 5) is 12.3. The van der Waals surface area contributed by atoms with Crippen LogP contribution in [0.15, 0.2) is 59.1 Å². The van der Waals surface area contributed by atoms with E-state index in [1.807, 2.05) is 61.5 Å². The van der Waals surface area contributed by atoms with E-state index in [1.54, 1.807) is 0 Å². The van der Waals surface area contributed by atoms with Crippen LogP contribution >= 0.6 is 15.9 Å². The first-order valence-electron chi connectivity index (χ1n) is 6.66. The van der Waals surface area contributed by atoms with E-state index in [-0.39, 0.29) is 11.9 Å². The van der Waals surface area contributed by atoms with Crippen molar-refractivity contribution < 1.29 is 9.53 Å². The highest BCUT2D eigenvalue weighted by Gasteiger charge is 2.18. The highest BCUT2D eigenvalue weighted by atomic mass is 79.9. The second kappa shape index (κ2) is 7.36. The maximum Gasteiger partial charge on any atom is 0.191 e. The standard InChI is InChI=1S/C17H17BrO2/c1-2-16(17(19)14-6-4-3-5-7-14)20-12-13-8-10-15(18)11-9-13/h3-11,16H,2,12H2,1H3. The van der Waals surface area contributed by atoms with Crippen molar-refractivity contribution in [2.45, 2.75) is 26.1 Å². The van der Waals surface area contributed by atoms with Gasteiger partial charge in [-0.15, -0.1) is 0 Å². The fourth-order valence-corrected chi connectivity index (χ4v) is 2.21. The Kier molecular flexibility index (Phi) is 5.50. The highest BCUT2D eigenvalue weighted by molar-refractivity contribution is 9.10. The van der Waals surface area contributed by atoms with Crippen LogP contribution in [-0.4, -0.2) is 11.9 Å². The number of hydrogen-bond acceptors (Lipinski definition) is 2. The minimum absolute atomic E-state index is 0.0465. The Hall–Kier alpha value is -1.45. The van der Waals surface area contributed by atoms with Crippen LogP contribution in [0.2, 0.25) is 0 Å². The lowest BCUT2D eigenvalue weighted by Crippen LogP contribution is -2.23. The Morgan fingerprint density at radius 3 is 2.35 bits per heavy atom. The number of halogens is 1. The van der Waals surface area contributed by atoms with Gasteiger partial charge in [-0.25, -0.2) is 0 Å². The molecule has 1 unspecified atom stereocenters. The van der Waals surface area contributed by atoms with E-state index in [2.05, 4.69) is 15.9 Å². The van der Waals surface area contributed by atoms with E-state index >= 15 is 0 Å². The van der Waals surface area contributed by atoms with Gasteiger partial charge in [-0.1, -0.05) is 65.3 Å². The molecular formula is C17H17BrO2. The number of rotatable bonds is 6. The molecule has 20 heavy (non-hydrogen) atoms. The van der Waals surface area contributed by atoms with Gasteiger partial charge in [-0.3, -0.25) is 4.79 Å². The smallest absolute Gasteiger partial charge is 0.191 e. The molecule has 0 saturated carbocycles. The molecule has 2 aromatic carbocycles. The molecule has 0 amide bonds. The highest BCUT2D eigenvalue weighted by Crippen LogP contribution is 2.14. The number of ether oxygens (including phenoxy) is 1. The number of carbonyl (C=O) groups excluding carboxylic acids is 1. The summed E-state index contributed by atoms with van der Waals surface area (Å²) in [6.07, 6.45) is 0.283. The van der Waals surface area contributed by atoms with Crippen molar-refractivity contribution in [3.05, 3.63) is 70.2 Å². The first-order chi connectivity index (χ1) is 9.70. The molecule has 1 atom stereocenters. The zero-order valence-corrected chi connectivity index (χ0v) is 13.0. The van der Waals surface area contributed by atoms with Gasteiger partial charge in [0, 0.05) is 10.0 Å². The minimum Gasteiger partial charge on any atom is -0.365 e. The lowest BCUT2D eigenvalue weighted by atomic mass is 10.0. The van der Waals surface area contributed by atoms with Gasteiger partial charge >= 0.3 is 0 Å². The molecule has 0 aliphatic rings. The average Bonchev–Trinajstić information content (AvgIpc) is 2.50. The van der Waals surface area contributed by atoms with Gasteiger partial charge < -0.3 is 4.74 Å². The summed E-state index contributed by atoms with van der Waals surface area (Å²) in [7, 11) is 0. The van der Waals surface area contributed by atoms with Gasteiger partial charge in [-0.2, -0.15) is 0 Å². The molecule has 0 bridgehead atoms. The zero-order valence-electron chi connectivity index (χ0n) is 11.4. The van der Waals surface area contributed by atoms with Crippen LogP contribution in [-0.2, 0) is 11.3 Å². The van der Waals surface area contributed by atoms with Crippen molar-refractivity contribution in [2.24, 2.45) is 0 Å². The molecule has 0 aliphatic carbocycles. The molecule has 0 aromatic heterocycles. The van der Waals surface area contributed by atoms with Crippen LogP contribution in [0.25, 0.3) is 0 Å². The summed E-state index contributed by atoms with van der Waals surface area (Å²) in [5.41, 5.74) is 1.77. The molecule has 104 valence electrons. The zero-order chi connectivity index (χ0) is 14.4. The van der Waals surface area contributed by atoms with Crippen LogP contribution in [0.3, 0.4) is 0 Å². The third-order valence-corrected chi connectivity index (χ3v) is 3.61.